The first-order valence-corrected chi connectivity index (χ1v) is 11.5. The van der Waals surface area contributed by atoms with Gasteiger partial charge in [-0.05, 0) is 55.0 Å². The van der Waals surface area contributed by atoms with Crippen LogP contribution in [0, 0.1) is 12.3 Å². The van der Waals surface area contributed by atoms with E-state index in [-0.39, 0.29) is 28.5 Å². The molecule has 6 nitrogen and oxygen atoms in total. The van der Waals surface area contributed by atoms with E-state index in [1.807, 2.05) is 4.90 Å². The fourth-order valence-electron chi connectivity index (χ4n) is 3.61. The fourth-order valence-corrected chi connectivity index (χ4v) is 5.11. The summed E-state index contributed by atoms with van der Waals surface area (Å²) in [4.78, 5) is 19.0. The highest BCUT2D eigenvalue weighted by Crippen LogP contribution is 2.29. The summed E-state index contributed by atoms with van der Waals surface area (Å²) in [6.45, 7) is 7.46. The predicted octanol–water partition coefficient (Wildman–Crippen LogP) is 4.04. The molecule has 8 heteroatoms. The Kier molecular flexibility index (Phi) is 6.19. The zero-order valence-electron chi connectivity index (χ0n) is 16.9. The topological polar surface area (TPSA) is 79.4 Å². The lowest BCUT2D eigenvalue weighted by atomic mass is 9.84. The molecule has 0 saturated carbocycles. The normalized spacial score (nSPS) is 16.5. The number of pyridine rings is 1. The van der Waals surface area contributed by atoms with E-state index in [4.69, 9.17) is 11.6 Å². The Morgan fingerprint density at radius 2 is 1.97 bits per heavy atom. The molecule has 1 aromatic heterocycles. The number of likely N-dealkylation sites (tertiary alicyclic amines) is 1. The van der Waals surface area contributed by atoms with Crippen molar-refractivity contribution < 1.29 is 13.2 Å². The zero-order valence-corrected chi connectivity index (χ0v) is 18.5. The van der Waals surface area contributed by atoms with Crippen LogP contribution in [0.15, 0.2) is 41.3 Å². The smallest absolute Gasteiger partial charge is 0.263 e. The standard InChI is InChI=1S/C21H26ClN3O3S/c1-15-17(22)8-5-9-18(15)29(27,28)24-19-10-4-7-16(23-19)13-20(26)25-12-6-11-21(2,3)14-25/h4-5,7-10H,6,11-14H2,1-3H3,(H,23,24). The van der Waals surface area contributed by atoms with Gasteiger partial charge in [0.25, 0.3) is 10.0 Å². The summed E-state index contributed by atoms with van der Waals surface area (Å²) >= 11 is 6.05. The number of benzene rings is 1. The van der Waals surface area contributed by atoms with Crippen molar-refractivity contribution in [1.29, 1.82) is 0 Å². The molecule has 0 aliphatic carbocycles. The van der Waals surface area contributed by atoms with Crippen molar-refractivity contribution >= 4 is 33.3 Å². The van der Waals surface area contributed by atoms with E-state index in [0.717, 1.165) is 25.9 Å². The maximum absolute atomic E-state index is 12.7. The van der Waals surface area contributed by atoms with Crippen molar-refractivity contribution in [2.24, 2.45) is 5.41 Å². The molecule has 1 amide bonds. The molecular formula is C21H26ClN3O3S. The van der Waals surface area contributed by atoms with Gasteiger partial charge in [-0.2, -0.15) is 0 Å². The van der Waals surface area contributed by atoms with E-state index in [0.29, 0.717) is 16.3 Å². The SMILES string of the molecule is Cc1c(Cl)cccc1S(=O)(=O)Nc1cccc(CC(=O)N2CCCC(C)(C)C2)n1. The number of anilines is 1. The first-order chi connectivity index (χ1) is 13.6. The molecule has 1 N–H and O–H groups in total. The molecule has 0 spiro atoms. The van der Waals surface area contributed by atoms with E-state index in [9.17, 15) is 13.2 Å². The Morgan fingerprint density at radius 1 is 1.24 bits per heavy atom. The maximum Gasteiger partial charge on any atom is 0.263 e. The van der Waals surface area contributed by atoms with Crippen molar-refractivity contribution in [3.63, 3.8) is 0 Å². The third-order valence-corrected chi connectivity index (χ3v) is 7.05. The molecule has 156 valence electrons. The lowest BCUT2D eigenvalue weighted by Crippen LogP contribution is -2.44. The quantitative estimate of drug-likeness (QED) is 0.768. The average molecular weight is 436 g/mol. The summed E-state index contributed by atoms with van der Waals surface area (Å²) in [5.74, 6) is 0.185. The Hall–Kier alpha value is -2.12. The van der Waals surface area contributed by atoms with Crippen LogP contribution in [0.2, 0.25) is 5.02 Å². The molecule has 2 aromatic rings. The van der Waals surface area contributed by atoms with Crippen molar-refractivity contribution in [2.45, 2.75) is 44.9 Å². The Morgan fingerprint density at radius 3 is 2.69 bits per heavy atom. The van der Waals surface area contributed by atoms with Crippen LogP contribution in [-0.4, -0.2) is 37.3 Å². The largest absolute Gasteiger partial charge is 0.342 e. The van der Waals surface area contributed by atoms with Gasteiger partial charge in [0.15, 0.2) is 0 Å². The van der Waals surface area contributed by atoms with Gasteiger partial charge in [-0.25, -0.2) is 13.4 Å². The molecule has 3 rings (SSSR count). The van der Waals surface area contributed by atoms with Gasteiger partial charge in [0.1, 0.15) is 5.82 Å². The van der Waals surface area contributed by atoms with Crippen molar-refractivity contribution in [3.05, 3.63) is 52.7 Å². The third-order valence-electron chi connectivity index (χ3n) is 5.14. The Balaban J connectivity index is 1.74. The summed E-state index contributed by atoms with van der Waals surface area (Å²) in [6, 6.07) is 9.72. The van der Waals surface area contributed by atoms with Crippen LogP contribution in [0.5, 0.6) is 0 Å². The number of hydrogen-bond acceptors (Lipinski definition) is 4. The molecule has 0 unspecified atom stereocenters. The van der Waals surface area contributed by atoms with Crippen LogP contribution in [0.3, 0.4) is 0 Å². The molecule has 1 aliphatic heterocycles. The van der Waals surface area contributed by atoms with Gasteiger partial charge in [-0.3, -0.25) is 9.52 Å². The first kappa shape index (κ1) is 21.6. The summed E-state index contributed by atoms with van der Waals surface area (Å²) in [5.41, 5.74) is 1.12. The molecule has 1 aromatic carbocycles. The van der Waals surface area contributed by atoms with Gasteiger partial charge in [0, 0.05) is 18.1 Å². The number of piperidine rings is 1. The van der Waals surface area contributed by atoms with Gasteiger partial charge in [0.05, 0.1) is 17.0 Å². The lowest BCUT2D eigenvalue weighted by Gasteiger charge is -2.38. The van der Waals surface area contributed by atoms with Gasteiger partial charge >= 0.3 is 0 Å². The molecule has 29 heavy (non-hydrogen) atoms. The van der Waals surface area contributed by atoms with Crippen LogP contribution in [-0.2, 0) is 21.2 Å². The number of carbonyl (C=O) groups is 1. The third kappa shape index (κ3) is 5.28. The Labute approximate surface area is 177 Å². The summed E-state index contributed by atoms with van der Waals surface area (Å²) in [6.07, 6.45) is 2.24. The fraction of sp³-hybridized carbons (Fsp3) is 0.429. The number of nitrogens with one attached hydrogen (secondary N) is 1. The second-order valence-corrected chi connectivity index (χ2v) is 10.3. The first-order valence-electron chi connectivity index (χ1n) is 9.59. The van der Waals surface area contributed by atoms with E-state index in [1.54, 1.807) is 37.3 Å². The van der Waals surface area contributed by atoms with Crippen molar-refractivity contribution in [1.82, 2.24) is 9.88 Å². The van der Waals surface area contributed by atoms with E-state index >= 15 is 0 Å². The second kappa shape index (κ2) is 8.32. The molecule has 0 bridgehead atoms. The van der Waals surface area contributed by atoms with Crippen LogP contribution < -0.4 is 4.72 Å². The highest BCUT2D eigenvalue weighted by Gasteiger charge is 2.29. The van der Waals surface area contributed by atoms with Gasteiger partial charge in [0.2, 0.25) is 5.91 Å². The lowest BCUT2D eigenvalue weighted by molar-refractivity contribution is -0.133. The minimum Gasteiger partial charge on any atom is -0.342 e. The van der Waals surface area contributed by atoms with Crippen LogP contribution in [0.4, 0.5) is 5.82 Å². The highest BCUT2D eigenvalue weighted by atomic mass is 35.5. The molecule has 1 aliphatic rings. The van der Waals surface area contributed by atoms with Gasteiger partial charge in [-0.1, -0.05) is 37.6 Å². The number of aromatic nitrogens is 1. The number of halogens is 1. The Bertz CT molecular complexity index is 1020. The highest BCUT2D eigenvalue weighted by molar-refractivity contribution is 7.92. The van der Waals surface area contributed by atoms with E-state index < -0.39 is 10.0 Å². The molecule has 0 atom stereocenters. The van der Waals surface area contributed by atoms with Crippen molar-refractivity contribution in [2.75, 3.05) is 17.8 Å². The van der Waals surface area contributed by atoms with Crippen LogP contribution in [0.25, 0.3) is 0 Å². The molecule has 1 fully saturated rings. The van der Waals surface area contributed by atoms with Crippen molar-refractivity contribution in [3.8, 4) is 0 Å². The number of nitrogens with zero attached hydrogens (tertiary/aromatic N) is 2. The number of hydrogen-bond donors (Lipinski definition) is 1. The zero-order chi connectivity index (χ0) is 21.2. The number of amides is 1. The number of carbonyl (C=O) groups excluding carboxylic acids is 1. The average Bonchev–Trinajstić information content (AvgIpc) is 2.63. The molecular weight excluding hydrogens is 410 g/mol. The van der Waals surface area contributed by atoms with Gasteiger partial charge < -0.3 is 4.90 Å². The molecule has 0 radical (unpaired) electrons. The summed E-state index contributed by atoms with van der Waals surface area (Å²) in [7, 11) is -3.84. The number of rotatable bonds is 5. The van der Waals surface area contributed by atoms with Gasteiger partial charge in [-0.15, -0.1) is 0 Å². The monoisotopic (exact) mass is 435 g/mol. The molecule has 2 heterocycles. The summed E-state index contributed by atoms with van der Waals surface area (Å²) < 4.78 is 28.0. The molecule has 1 saturated heterocycles. The van der Waals surface area contributed by atoms with E-state index in [2.05, 4.69) is 23.6 Å². The minimum atomic E-state index is -3.84. The summed E-state index contributed by atoms with van der Waals surface area (Å²) in [5, 5.41) is 0.379. The van der Waals surface area contributed by atoms with Crippen LogP contribution in [0.1, 0.15) is 37.9 Å². The minimum absolute atomic E-state index is 0.0102. The number of sulfonamides is 1. The van der Waals surface area contributed by atoms with E-state index in [1.165, 1.54) is 6.07 Å². The predicted molar refractivity (Wildman–Crippen MR) is 115 cm³/mol. The maximum atomic E-state index is 12.7. The second-order valence-electron chi connectivity index (χ2n) is 8.24. The van der Waals surface area contributed by atoms with Crippen LogP contribution >= 0.6 is 11.6 Å².